The molecular formula is C16H19N3O3S. The average molecular weight is 333 g/mol. The zero-order valence-corrected chi connectivity index (χ0v) is 13.6. The van der Waals surface area contributed by atoms with E-state index in [0.717, 1.165) is 48.4 Å². The van der Waals surface area contributed by atoms with E-state index in [1.807, 2.05) is 6.07 Å². The van der Waals surface area contributed by atoms with E-state index in [9.17, 15) is 4.79 Å². The van der Waals surface area contributed by atoms with Gasteiger partial charge in [-0.3, -0.25) is 4.79 Å². The lowest BCUT2D eigenvalue weighted by atomic mass is 9.94. The van der Waals surface area contributed by atoms with Gasteiger partial charge >= 0.3 is 0 Å². The predicted molar refractivity (Wildman–Crippen MR) is 86.4 cm³/mol. The number of aromatic nitrogens is 2. The lowest BCUT2D eigenvalue weighted by Crippen LogP contribution is -2.37. The van der Waals surface area contributed by atoms with Crippen LogP contribution in [0.25, 0.3) is 11.0 Å². The quantitative estimate of drug-likeness (QED) is 0.934. The first-order chi connectivity index (χ1) is 11.2. The number of hydrogen-bond donors (Lipinski definition) is 1. The Hall–Kier alpha value is -1.57. The summed E-state index contributed by atoms with van der Waals surface area (Å²) in [6, 6.07) is 5.36. The standard InChI is InChI=1S/C16H19N3O3S/c20-15(11-4-5-13-14(8-11)19-23-18-13)17-9-12-10-21-16(22-12)6-2-1-3-7-16/h4-5,8,12H,1-3,6-7,9-10H2,(H,17,20)/t12-/m1/s1. The number of ether oxygens (including phenoxy) is 2. The zero-order chi connectivity index (χ0) is 15.7. The highest BCUT2D eigenvalue weighted by atomic mass is 32.1. The predicted octanol–water partition coefficient (Wildman–Crippen LogP) is 2.50. The molecule has 1 N–H and O–H groups in total. The number of carbonyl (C=O) groups is 1. The summed E-state index contributed by atoms with van der Waals surface area (Å²) in [5.74, 6) is -0.508. The zero-order valence-electron chi connectivity index (χ0n) is 12.8. The molecule has 2 fully saturated rings. The van der Waals surface area contributed by atoms with E-state index in [1.165, 1.54) is 6.42 Å². The molecule has 0 radical (unpaired) electrons. The highest BCUT2D eigenvalue weighted by Gasteiger charge is 2.42. The number of nitrogens with zero attached hydrogens (tertiary/aromatic N) is 2. The molecule has 1 amide bonds. The van der Waals surface area contributed by atoms with Crippen LogP contribution < -0.4 is 5.32 Å². The maximum Gasteiger partial charge on any atom is 0.251 e. The van der Waals surface area contributed by atoms with Crippen molar-refractivity contribution in [1.82, 2.24) is 14.1 Å². The van der Waals surface area contributed by atoms with E-state index < -0.39 is 5.79 Å². The molecule has 1 saturated heterocycles. The van der Waals surface area contributed by atoms with Crippen LogP contribution in [0.2, 0.25) is 0 Å². The Balaban J connectivity index is 1.34. The second kappa shape index (κ2) is 6.14. The van der Waals surface area contributed by atoms with Gasteiger partial charge in [-0.1, -0.05) is 6.42 Å². The average Bonchev–Trinajstić information content (AvgIpc) is 3.20. The third-order valence-electron chi connectivity index (χ3n) is 4.54. The Morgan fingerprint density at radius 2 is 2.09 bits per heavy atom. The molecule has 2 heterocycles. The second-order valence-corrected chi connectivity index (χ2v) is 6.73. The van der Waals surface area contributed by atoms with Crippen LogP contribution >= 0.6 is 11.7 Å². The summed E-state index contributed by atoms with van der Waals surface area (Å²) >= 11 is 1.15. The highest BCUT2D eigenvalue weighted by molar-refractivity contribution is 7.00. The lowest BCUT2D eigenvalue weighted by molar-refractivity contribution is -0.186. The normalized spacial score (nSPS) is 23.4. The van der Waals surface area contributed by atoms with Gasteiger partial charge in [0.15, 0.2) is 5.79 Å². The molecule has 122 valence electrons. The van der Waals surface area contributed by atoms with Gasteiger partial charge in [0.05, 0.1) is 18.3 Å². The second-order valence-electron chi connectivity index (χ2n) is 6.20. The van der Waals surface area contributed by atoms with Crippen LogP contribution in [0, 0.1) is 0 Å². The minimum atomic E-state index is -0.390. The summed E-state index contributed by atoms with van der Waals surface area (Å²) < 4.78 is 20.3. The lowest BCUT2D eigenvalue weighted by Gasteiger charge is -2.31. The van der Waals surface area contributed by atoms with Crippen LogP contribution in [-0.2, 0) is 9.47 Å². The number of hydrogen-bond acceptors (Lipinski definition) is 6. The van der Waals surface area contributed by atoms with Gasteiger partial charge in [-0.15, -0.1) is 0 Å². The number of fused-ring (bicyclic) bond motifs is 1. The first kappa shape index (κ1) is 15.0. The molecule has 23 heavy (non-hydrogen) atoms. The van der Waals surface area contributed by atoms with Gasteiger partial charge in [-0.2, -0.15) is 8.75 Å². The van der Waals surface area contributed by atoms with E-state index in [4.69, 9.17) is 9.47 Å². The van der Waals surface area contributed by atoms with Gasteiger partial charge in [-0.05, 0) is 31.0 Å². The Kier molecular flexibility index (Phi) is 4.00. The molecule has 1 aliphatic carbocycles. The SMILES string of the molecule is O=C(NC[C@@H]1COC2(CCCCC2)O1)c1ccc2nsnc2c1. The van der Waals surface area contributed by atoms with Crippen molar-refractivity contribution in [2.24, 2.45) is 0 Å². The van der Waals surface area contributed by atoms with E-state index >= 15 is 0 Å². The largest absolute Gasteiger partial charge is 0.349 e. The van der Waals surface area contributed by atoms with E-state index in [2.05, 4.69) is 14.1 Å². The van der Waals surface area contributed by atoms with Gasteiger partial charge in [0.2, 0.25) is 0 Å². The van der Waals surface area contributed by atoms with E-state index in [-0.39, 0.29) is 12.0 Å². The van der Waals surface area contributed by atoms with Crippen LogP contribution in [0.5, 0.6) is 0 Å². The van der Waals surface area contributed by atoms with Crippen LogP contribution in [0.1, 0.15) is 42.5 Å². The summed E-state index contributed by atoms with van der Waals surface area (Å²) in [7, 11) is 0. The van der Waals surface area contributed by atoms with Crippen molar-refractivity contribution in [2.75, 3.05) is 13.2 Å². The molecule has 2 aromatic rings. The summed E-state index contributed by atoms with van der Waals surface area (Å²) in [6.07, 6.45) is 5.42. The molecule has 0 bridgehead atoms. The van der Waals surface area contributed by atoms with Crippen molar-refractivity contribution in [3.63, 3.8) is 0 Å². The Labute approximate surface area is 138 Å². The molecule has 1 saturated carbocycles. The third kappa shape index (κ3) is 3.08. The first-order valence-corrected chi connectivity index (χ1v) is 8.79. The monoisotopic (exact) mass is 333 g/mol. The van der Waals surface area contributed by atoms with Crippen LogP contribution in [0.15, 0.2) is 18.2 Å². The first-order valence-electron chi connectivity index (χ1n) is 8.06. The van der Waals surface area contributed by atoms with E-state index in [0.29, 0.717) is 18.7 Å². The smallest absolute Gasteiger partial charge is 0.251 e. The van der Waals surface area contributed by atoms with Crippen LogP contribution in [-0.4, -0.2) is 39.7 Å². The number of amides is 1. The molecule has 1 aromatic heterocycles. The minimum absolute atomic E-state index is 0.0679. The number of rotatable bonds is 3. The summed E-state index contributed by atoms with van der Waals surface area (Å²) in [6.45, 7) is 1.02. The summed E-state index contributed by atoms with van der Waals surface area (Å²) in [5, 5.41) is 2.93. The molecule has 1 aliphatic heterocycles. The van der Waals surface area contributed by atoms with E-state index in [1.54, 1.807) is 12.1 Å². The molecule has 2 aliphatic rings. The van der Waals surface area contributed by atoms with Crippen molar-refractivity contribution in [2.45, 2.75) is 44.0 Å². The number of carbonyl (C=O) groups excluding carboxylic acids is 1. The molecule has 1 spiro atoms. The van der Waals surface area contributed by atoms with Gasteiger partial charge in [0, 0.05) is 24.9 Å². The fraction of sp³-hybridized carbons (Fsp3) is 0.562. The molecule has 7 heteroatoms. The van der Waals surface area contributed by atoms with Gasteiger partial charge in [0.1, 0.15) is 17.1 Å². The van der Waals surface area contributed by atoms with Crippen molar-refractivity contribution in [3.8, 4) is 0 Å². The Morgan fingerprint density at radius 3 is 2.96 bits per heavy atom. The molecular weight excluding hydrogens is 314 g/mol. The third-order valence-corrected chi connectivity index (χ3v) is 5.09. The van der Waals surface area contributed by atoms with Gasteiger partial charge in [-0.25, -0.2) is 0 Å². The fourth-order valence-electron chi connectivity index (χ4n) is 3.30. The van der Waals surface area contributed by atoms with Crippen LogP contribution in [0.4, 0.5) is 0 Å². The van der Waals surface area contributed by atoms with Crippen molar-refractivity contribution in [3.05, 3.63) is 23.8 Å². The Bertz CT molecular complexity index is 711. The fourth-order valence-corrected chi connectivity index (χ4v) is 3.82. The highest BCUT2D eigenvalue weighted by Crippen LogP contribution is 2.37. The maximum atomic E-state index is 12.3. The summed E-state index contributed by atoms with van der Waals surface area (Å²) in [4.78, 5) is 12.3. The van der Waals surface area contributed by atoms with Crippen LogP contribution in [0.3, 0.4) is 0 Å². The molecule has 1 aromatic carbocycles. The molecule has 0 unspecified atom stereocenters. The van der Waals surface area contributed by atoms with Gasteiger partial charge in [0.25, 0.3) is 5.91 Å². The number of benzene rings is 1. The van der Waals surface area contributed by atoms with Crippen molar-refractivity contribution in [1.29, 1.82) is 0 Å². The minimum Gasteiger partial charge on any atom is -0.349 e. The maximum absolute atomic E-state index is 12.3. The van der Waals surface area contributed by atoms with Gasteiger partial charge < -0.3 is 14.8 Å². The molecule has 1 atom stereocenters. The Morgan fingerprint density at radius 1 is 1.26 bits per heavy atom. The molecule has 6 nitrogen and oxygen atoms in total. The number of nitrogens with one attached hydrogen (secondary N) is 1. The molecule has 4 rings (SSSR count). The van der Waals surface area contributed by atoms with Crippen molar-refractivity contribution >= 4 is 28.7 Å². The van der Waals surface area contributed by atoms with Crippen molar-refractivity contribution < 1.29 is 14.3 Å². The summed E-state index contributed by atoms with van der Waals surface area (Å²) in [5.41, 5.74) is 2.17. The topological polar surface area (TPSA) is 73.3 Å².